The first kappa shape index (κ1) is 17.8. The van der Waals surface area contributed by atoms with Gasteiger partial charge in [-0.2, -0.15) is 0 Å². The van der Waals surface area contributed by atoms with Crippen LogP contribution in [0.15, 0.2) is 0 Å². The molecule has 110 valence electrons. The first-order chi connectivity index (χ1) is 8.91. The summed E-state index contributed by atoms with van der Waals surface area (Å²) in [4.78, 5) is 0. The van der Waals surface area contributed by atoms with Crippen molar-refractivity contribution in [1.29, 1.82) is 0 Å². The highest BCUT2D eigenvalue weighted by Crippen LogP contribution is 1.90. The van der Waals surface area contributed by atoms with Gasteiger partial charge in [-0.1, -0.05) is 20.3 Å². The second-order valence-electron chi connectivity index (χ2n) is 4.25. The molecule has 0 aliphatic carbocycles. The largest absolute Gasteiger partial charge is 0.379 e. The molecule has 0 amide bonds. The minimum atomic E-state index is 0.671. The lowest BCUT2D eigenvalue weighted by molar-refractivity contribution is 0.0135. The van der Waals surface area contributed by atoms with Crippen LogP contribution >= 0.6 is 0 Å². The Bertz CT molecular complexity index is 129. The number of unbranched alkanes of at least 4 members (excludes halogenated alkanes) is 2. The molecule has 0 heterocycles. The minimum absolute atomic E-state index is 0.671. The van der Waals surface area contributed by atoms with Gasteiger partial charge in [0.2, 0.25) is 0 Å². The van der Waals surface area contributed by atoms with Crippen LogP contribution in [0.3, 0.4) is 0 Å². The molecular formula is C14H31NO3. The number of nitrogens with one attached hydrogen (secondary N) is 1. The van der Waals surface area contributed by atoms with Gasteiger partial charge in [-0.25, -0.2) is 0 Å². The third-order valence-electron chi connectivity index (χ3n) is 2.53. The van der Waals surface area contributed by atoms with Gasteiger partial charge in [0.1, 0.15) is 0 Å². The van der Waals surface area contributed by atoms with Crippen LogP contribution in [0.4, 0.5) is 0 Å². The quantitative estimate of drug-likeness (QED) is 0.459. The SMILES string of the molecule is CCCCOCCOCCOCCCCNCC. The molecule has 4 heteroatoms. The molecule has 0 bridgehead atoms. The van der Waals surface area contributed by atoms with Crippen LogP contribution in [0.25, 0.3) is 0 Å². The van der Waals surface area contributed by atoms with Gasteiger partial charge in [-0.05, 0) is 32.4 Å². The fourth-order valence-electron chi connectivity index (χ4n) is 1.42. The van der Waals surface area contributed by atoms with Gasteiger partial charge in [0.05, 0.1) is 26.4 Å². The van der Waals surface area contributed by atoms with Gasteiger partial charge >= 0.3 is 0 Å². The molecule has 0 unspecified atom stereocenters. The number of rotatable bonds is 15. The molecule has 0 rings (SSSR count). The van der Waals surface area contributed by atoms with E-state index in [1.54, 1.807) is 0 Å². The van der Waals surface area contributed by atoms with Crippen molar-refractivity contribution in [2.24, 2.45) is 0 Å². The van der Waals surface area contributed by atoms with E-state index < -0.39 is 0 Å². The maximum atomic E-state index is 5.47. The van der Waals surface area contributed by atoms with Gasteiger partial charge in [0.15, 0.2) is 0 Å². The van der Waals surface area contributed by atoms with Gasteiger partial charge < -0.3 is 19.5 Å². The molecule has 0 saturated carbocycles. The van der Waals surface area contributed by atoms with Crippen molar-refractivity contribution < 1.29 is 14.2 Å². The zero-order valence-electron chi connectivity index (χ0n) is 12.2. The van der Waals surface area contributed by atoms with Crippen LogP contribution in [0.1, 0.15) is 39.5 Å². The molecule has 0 radical (unpaired) electrons. The number of hydrogen-bond donors (Lipinski definition) is 1. The molecule has 0 spiro atoms. The Kier molecular flexibility index (Phi) is 16.7. The average molecular weight is 261 g/mol. The lowest BCUT2D eigenvalue weighted by atomic mass is 10.3. The van der Waals surface area contributed by atoms with Gasteiger partial charge in [-0.3, -0.25) is 0 Å². The van der Waals surface area contributed by atoms with Crippen molar-refractivity contribution in [3.63, 3.8) is 0 Å². The Morgan fingerprint density at radius 2 is 1.22 bits per heavy atom. The summed E-state index contributed by atoms with van der Waals surface area (Å²) in [6.07, 6.45) is 4.62. The topological polar surface area (TPSA) is 39.7 Å². The molecule has 0 aliphatic rings. The summed E-state index contributed by atoms with van der Waals surface area (Å²) < 4.78 is 16.2. The van der Waals surface area contributed by atoms with Crippen molar-refractivity contribution in [1.82, 2.24) is 5.32 Å². The van der Waals surface area contributed by atoms with Crippen molar-refractivity contribution in [3.8, 4) is 0 Å². The fourth-order valence-corrected chi connectivity index (χ4v) is 1.42. The lowest BCUT2D eigenvalue weighted by Gasteiger charge is -2.06. The monoisotopic (exact) mass is 261 g/mol. The minimum Gasteiger partial charge on any atom is -0.379 e. The Hall–Kier alpha value is -0.160. The molecule has 0 atom stereocenters. The van der Waals surface area contributed by atoms with E-state index >= 15 is 0 Å². The molecule has 0 aromatic carbocycles. The van der Waals surface area contributed by atoms with Crippen LogP contribution in [0, 0.1) is 0 Å². The van der Waals surface area contributed by atoms with E-state index in [9.17, 15) is 0 Å². The predicted octanol–water partition coefficient (Wildman–Crippen LogP) is 2.23. The maximum Gasteiger partial charge on any atom is 0.0701 e. The standard InChI is InChI=1S/C14H31NO3/c1-3-5-9-16-11-13-18-14-12-17-10-7-6-8-15-4-2/h15H,3-14H2,1-2H3. The summed E-state index contributed by atoms with van der Waals surface area (Å²) in [5, 5.41) is 3.29. The van der Waals surface area contributed by atoms with E-state index in [1.165, 1.54) is 12.8 Å². The van der Waals surface area contributed by atoms with Crippen LogP contribution in [0.2, 0.25) is 0 Å². The summed E-state index contributed by atoms with van der Waals surface area (Å²) in [6.45, 7) is 10.8. The van der Waals surface area contributed by atoms with E-state index in [2.05, 4.69) is 19.2 Å². The third-order valence-corrected chi connectivity index (χ3v) is 2.53. The van der Waals surface area contributed by atoms with Gasteiger partial charge in [0.25, 0.3) is 0 Å². The van der Waals surface area contributed by atoms with E-state index in [0.29, 0.717) is 26.4 Å². The first-order valence-electron chi connectivity index (χ1n) is 7.35. The van der Waals surface area contributed by atoms with E-state index in [0.717, 1.165) is 39.1 Å². The summed E-state index contributed by atoms with van der Waals surface area (Å²) in [5.41, 5.74) is 0. The van der Waals surface area contributed by atoms with Crippen molar-refractivity contribution in [2.75, 3.05) is 52.7 Å². The van der Waals surface area contributed by atoms with Crippen LogP contribution in [-0.2, 0) is 14.2 Å². The molecule has 0 fully saturated rings. The Labute approximate surface area is 112 Å². The van der Waals surface area contributed by atoms with Gasteiger partial charge in [-0.15, -0.1) is 0 Å². The van der Waals surface area contributed by atoms with E-state index in [1.807, 2.05) is 0 Å². The summed E-state index contributed by atoms with van der Waals surface area (Å²) in [5.74, 6) is 0. The molecule has 0 saturated heterocycles. The van der Waals surface area contributed by atoms with Crippen LogP contribution in [-0.4, -0.2) is 52.7 Å². The number of hydrogen-bond acceptors (Lipinski definition) is 4. The van der Waals surface area contributed by atoms with Crippen molar-refractivity contribution in [3.05, 3.63) is 0 Å². The molecule has 0 aromatic rings. The average Bonchev–Trinajstić information content (AvgIpc) is 2.39. The highest BCUT2D eigenvalue weighted by molar-refractivity contribution is 4.44. The lowest BCUT2D eigenvalue weighted by Crippen LogP contribution is -2.15. The Balaban J connectivity index is 2.86. The zero-order chi connectivity index (χ0) is 13.3. The highest BCUT2D eigenvalue weighted by atomic mass is 16.5. The smallest absolute Gasteiger partial charge is 0.0701 e. The first-order valence-corrected chi connectivity index (χ1v) is 7.35. The summed E-state index contributed by atoms with van der Waals surface area (Å²) in [7, 11) is 0. The molecule has 0 aliphatic heterocycles. The molecule has 18 heavy (non-hydrogen) atoms. The number of ether oxygens (including phenoxy) is 3. The van der Waals surface area contributed by atoms with Crippen molar-refractivity contribution >= 4 is 0 Å². The maximum absolute atomic E-state index is 5.47. The fraction of sp³-hybridized carbons (Fsp3) is 1.00. The molecule has 1 N–H and O–H groups in total. The summed E-state index contributed by atoms with van der Waals surface area (Å²) >= 11 is 0. The molecule has 4 nitrogen and oxygen atoms in total. The summed E-state index contributed by atoms with van der Waals surface area (Å²) in [6, 6.07) is 0. The second kappa shape index (κ2) is 16.8. The third kappa shape index (κ3) is 15.8. The van der Waals surface area contributed by atoms with Crippen LogP contribution in [0.5, 0.6) is 0 Å². The highest BCUT2D eigenvalue weighted by Gasteiger charge is 1.92. The predicted molar refractivity (Wildman–Crippen MR) is 75.1 cm³/mol. The van der Waals surface area contributed by atoms with Crippen LogP contribution < -0.4 is 5.32 Å². The van der Waals surface area contributed by atoms with E-state index in [4.69, 9.17) is 14.2 Å². The Morgan fingerprint density at radius 1 is 0.667 bits per heavy atom. The van der Waals surface area contributed by atoms with Gasteiger partial charge in [0, 0.05) is 13.2 Å². The zero-order valence-corrected chi connectivity index (χ0v) is 12.2. The normalized spacial score (nSPS) is 11.0. The van der Waals surface area contributed by atoms with E-state index in [-0.39, 0.29) is 0 Å². The second-order valence-corrected chi connectivity index (χ2v) is 4.25. The Morgan fingerprint density at radius 3 is 1.78 bits per heavy atom. The molecule has 0 aromatic heterocycles. The van der Waals surface area contributed by atoms with Crippen molar-refractivity contribution in [2.45, 2.75) is 39.5 Å². The molecular weight excluding hydrogens is 230 g/mol.